The summed E-state index contributed by atoms with van der Waals surface area (Å²) in [5, 5.41) is 16.9. The lowest BCUT2D eigenvalue weighted by molar-refractivity contribution is 0.280. The molecule has 25 heavy (non-hydrogen) atoms. The molecule has 0 fully saturated rings. The zero-order chi connectivity index (χ0) is 17.6. The van der Waals surface area contributed by atoms with Crippen LogP contribution < -0.4 is 0 Å². The molecule has 0 aliphatic carbocycles. The summed E-state index contributed by atoms with van der Waals surface area (Å²) in [5.74, 6) is -0.0811. The Morgan fingerprint density at radius 3 is 2.48 bits per heavy atom. The maximum atomic E-state index is 13.4. The molecule has 0 spiro atoms. The molecule has 3 nitrogen and oxygen atoms in total. The standard InChI is InChI=1S/C21H19FN2O/c1-13(2)20-18(12-25)19(14-7-9-16(22)10-8-14)21-17-6-4-3-5-15(17)11-23-24(20)21/h3-11,13,25H,12H2,1-2H3. The molecule has 0 unspecified atom stereocenters. The van der Waals surface area contributed by atoms with Gasteiger partial charge in [0.15, 0.2) is 0 Å². The smallest absolute Gasteiger partial charge is 0.123 e. The summed E-state index contributed by atoms with van der Waals surface area (Å²) >= 11 is 0. The van der Waals surface area contributed by atoms with Gasteiger partial charge in [0.25, 0.3) is 0 Å². The summed E-state index contributed by atoms with van der Waals surface area (Å²) in [5.41, 5.74) is 4.61. The van der Waals surface area contributed by atoms with Crippen molar-refractivity contribution in [3.63, 3.8) is 0 Å². The van der Waals surface area contributed by atoms with E-state index in [0.29, 0.717) is 0 Å². The number of aromatic nitrogens is 2. The number of fused-ring (bicyclic) bond motifs is 3. The minimum Gasteiger partial charge on any atom is -0.392 e. The first-order valence-corrected chi connectivity index (χ1v) is 8.39. The molecule has 0 saturated carbocycles. The second-order valence-electron chi connectivity index (χ2n) is 6.55. The lowest BCUT2D eigenvalue weighted by Crippen LogP contribution is -2.02. The SMILES string of the molecule is CC(C)c1c(CO)c(-c2ccc(F)cc2)c2c3ccccc3cnn12. The Balaban J connectivity index is 2.22. The Hall–Kier alpha value is -2.72. The second-order valence-corrected chi connectivity index (χ2v) is 6.55. The quantitative estimate of drug-likeness (QED) is 0.578. The van der Waals surface area contributed by atoms with E-state index < -0.39 is 0 Å². The Bertz CT molecular complexity index is 1060. The minimum atomic E-state index is -0.273. The number of aliphatic hydroxyl groups excluding tert-OH is 1. The Morgan fingerprint density at radius 2 is 1.80 bits per heavy atom. The van der Waals surface area contributed by atoms with Crippen molar-refractivity contribution in [2.45, 2.75) is 26.4 Å². The van der Waals surface area contributed by atoms with Gasteiger partial charge in [-0.25, -0.2) is 8.91 Å². The molecule has 0 radical (unpaired) electrons. The molecule has 4 aromatic rings. The average Bonchev–Trinajstić information content (AvgIpc) is 2.97. The van der Waals surface area contributed by atoms with Crippen LogP contribution in [0.25, 0.3) is 27.4 Å². The number of halogens is 1. The molecule has 126 valence electrons. The molecule has 0 atom stereocenters. The predicted molar refractivity (Wildman–Crippen MR) is 98.1 cm³/mol. The van der Waals surface area contributed by atoms with Crippen LogP contribution in [0.1, 0.15) is 31.0 Å². The van der Waals surface area contributed by atoms with Crippen molar-refractivity contribution >= 4 is 16.3 Å². The van der Waals surface area contributed by atoms with Gasteiger partial charge in [-0.05, 0) is 23.6 Å². The molecular weight excluding hydrogens is 315 g/mol. The Morgan fingerprint density at radius 1 is 1.08 bits per heavy atom. The highest BCUT2D eigenvalue weighted by atomic mass is 19.1. The predicted octanol–water partition coefficient (Wildman–Crippen LogP) is 4.91. The van der Waals surface area contributed by atoms with E-state index in [1.165, 1.54) is 12.1 Å². The molecule has 2 aromatic carbocycles. The molecule has 4 heteroatoms. The van der Waals surface area contributed by atoms with Crippen LogP contribution in [0.15, 0.2) is 54.7 Å². The van der Waals surface area contributed by atoms with Crippen LogP contribution >= 0.6 is 0 Å². The third-order valence-electron chi connectivity index (χ3n) is 4.65. The second kappa shape index (κ2) is 5.97. The molecule has 0 amide bonds. The van der Waals surface area contributed by atoms with E-state index in [2.05, 4.69) is 25.0 Å². The zero-order valence-corrected chi connectivity index (χ0v) is 14.2. The lowest BCUT2D eigenvalue weighted by atomic mass is 9.97. The Kier molecular flexibility index (Phi) is 3.77. The molecular formula is C21H19FN2O. The summed E-state index contributed by atoms with van der Waals surface area (Å²) in [6.07, 6.45) is 1.85. The number of aliphatic hydroxyl groups is 1. The summed E-state index contributed by atoms with van der Waals surface area (Å²) in [4.78, 5) is 0. The van der Waals surface area contributed by atoms with Crippen LogP contribution in [0.3, 0.4) is 0 Å². The average molecular weight is 334 g/mol. The normalized spacial score (nSPS) is 11.7. The van der Waals surface area contributed by atoms with Gasteiger partial charge < -0.3 is 5.11 Å². The van der Waals surface area contributed by atoms with Crippen LogP contribution in [0.2, 0.25) is 0 Å². The van der Waals surface area contributed by atoms with Crippen molar-refractivity contribution in [2.24, 2.45) is 0 Å². The largest absolute Gasteiger partial charge is 0.392 e. The van der Waals surface area contributed by atoms with Gasteiger partial charge in [-0.3, -0.25) is 0 Å². The highest BCUT2D eigenvalue weighted by molar-refractivity contribution is 6.04. The van der Waals surface area contributed by atoms with Crippen LogP contribution in [0, 0.1) is 5.82 Å². The first-order valence-electron chi connectivity index (χ1n) is 8.39. The third-order valence-corrected chi connectivity index (χ3v) is 4.65. The lowest BCUT2D eigenvalue weighted by Gasteiger charge is -2.08. The fourth-order valence-electron chi connectivity index (χ4n) is 3.62. The van der Waals surface area contributed by atoms with E-state index in [0.717, 1.165) is 38.7 Å². The molecule has 1 N–H and O–H groups in total. The van der Waals surface area contributed by atoms with Gasteiger partial charge in [0.1, 0.15) is 5.82 Å². The number of hydrogen-bond acceptors (Lipinski definition) is 2. The van der Waals surface area contributed by atoms with E-state index in [9.17, 15) is 9.50 Å². The summed E-state index contributed by atoms with van der Waals surface area (Å²) < 4.78 is 15.3. The van der Waals surface area contributed by atoms with Crippen molar-refractivity contribution in [2.75, 3.05) is 0 Å². The van der Waals surface area contributed by atoms with Gasteiger partial charge in [0.05, 0.1) is 24.0 Å². The summed E-state index contributed by atoms with van der Waals surface area (Å²) in [6.45, 7) is 4.09. The fourth-order valence-corrected chi connectivity index (χ4v) is 3.62. The fraction of sp³-hybridized carbons (Fsp3) is 0.190. The molecule has 0 saturated heterocycles. The number of hydrogen-bond donors (Lipinski definition) is 1. The van der Waals surface area contributed by atoms with Crippen LogP contribution in [0.4, 0.5) is 4.39 Å². The van der Waals surface area contributed by atoms with E-state index in [4.69, 9.17) is 0 Å². The number of rotatable bonds is 3. The van der Waals surface area contributed by atoms with E-state index in [1.807, 2.05) is 28.9 Å². The van der Waals surface area contributed by atoms with E-state index in [-0.39, 0.29) is 18.3 Å². The summed E-state index contributed by atoms with van der Waals surface area (Å²) in [6, 6.07) is 14.5. The summed E-state index contributed by atoms with van der Waals surface area (Å²) in [7, 11) is 0. The molecule has 0 aliphatic heterocycles. The highest BCUT2D eigenvalue weighted by Crippen LogP contribution is 2.39. The van der Waals surface area contributed by atoms with Crippen molar-refractivity contribution in [1.82, 2.24) is 9.61 Å². The first-order chi connectivity index (χ1) is 12.1. The van der Waals surface area contributed by atoms with Crippen LogP contribution in [-0.4, -0.2) is 14.7 Å². The van der Waals surface area contributed by atoms with Gasteiger partial charge in [-0.1, -0.05) is 50.2 Å². The van der Waals surface area contributed by atoms with Gasteiger partial charge in [-0.15, -0.1) is 0 Å². The maximum Gasteiger partial charge on any atom is 0.123 e. The third kappa shape index (κ3) is 2.41. The molecule has 0 bridgehead atoms. The van der Waals surface area contributed by atoms with Gasteiger partial charge in [0.2, 0.25) is 0 Å². The maximum absolute atomic E-state index is 13.4. The minimum absolute atomic E-state index is 0.0854. The van der Waals surface area contributed by atoms with Crippen molar-refractivity contribution in [1.29, 1.82) is 0 Å². The van der Waals surface area contributed by atoms with Crippen LogP contribution in [0.5, 0.6) is 0 Å². The molecule has 4 rings (SSSR count). The van der Waals surface area contributed by atoms with Crippen molar-refractivity contribution in [3.8, 4) is 11.1 Å². The molecule has 0 aliphatic rings. The number of nitrogens with zero attached hydrogens (tertiary/aromatic N) is 2. The van der Waals surface area contributed by atoms with Crippen molar-refractivity contribution < 1.29 is 9.50 Å². The Labute approximate surface area is 145 Å². The van der Waals surface area contributed by atoms with E-state index >= 15 is 0 Å². The topological polar surface area (TPSA) is 37.5 Å². The monoisotopic (exact) mass is 334 g/mol. The molecule has 2 aromatic heterocycles. The van der Waals surface area contributed by atoms with Gasteiger partial charge in [-0.2, -0.15) is 5.10 Å². The van der Waals surface area contributed by atoms with Gasteiger partial charge in [0, 0.05) is 21.9 Å². The number of benzene rings is 2. The van der Waals surface area contributed by atoms with Crippen LogP contribution in [-0.2, 0) is 6.61 Å². The van der Waals surface area contributed by atoms with Gasteiger partial charge >= 0.3 is 0 Å². The highest BCUT2D eigenvalue weighted by Gasteiger charge is 2.23. The van der Waals surface area contributed by atoms with Crippen molar-refractivity contribution in [3.05, 3.63) is 71.8 Å². The first kappa shape index (κ1) is 15.8. The zero-order valence-electron chi connectivity index (χ0n) is 14.2. The molecule has 2 heterocycles. The van der Waals surface area contributed by atoms with E-state index in [1.54, 1.807) is 12.1 Å².